The zero-order valence-corrected chi connectivity index (χ0v) is 20.7. The van der Waals surface area contributed by atoms with Crippen LogP contribution in [0.4, 0.5) is 0 Å². The van der Waals surface area contributed by atoms with E-state index in [0.717, 1.165) is 12.8 Å². The normalized spacial score (nSPS) is 13.2. The van der Waals surface area contributed by atoms with Gasteiger partial charge in [0.1, 0.15) is 11.8 Å². The summed E-state index contributed by atoms with van der Waals surface area (Å²) in [5.41, 5.74) is 11.8. The molecule has 0 aromatic heterocycles. The molecule has 0 saturated heterocycles. The van der Waals surface area contributed by atoms with Crippen LogP contribution < -0.4 is 11.5 Å². The Bertz CT molecular complexity index is 429. The molecule has 31 heavy (non-hydrogen) atoms. The molecule has 0 heterocycles. The first kappa shape index (κ1) is 30.1. The van der Waals surface area contributed by atoms with Gasteiger partial charge < -0.3 is 16.2 Å². The van der Waals surface area contributed by atoms with E-state index in [0.29, 0.717) is 32.3 Å². The van der Waals surface area contributed by atoms with Crippen LogP contribution in [0.2, 0.25) is 0 Å². The lowest BCUT2D eigenvalue weighted by molar-refractivity contribution is -0.144. The topological polar surface area (TPSA) is 95.4 Å². The van der Waals surface area contributed by atoms with Gasteiger partial charge in [0.2, 0.25) is 0 Å². The highest BCUT2D eigenvalue weighted by atomic mass is 16.5. The van der Waals surface area contributed by atoms with Crippen molar-refractivity contribution < 1.29 is 14.3 Å². The average Bonchev–Trinajstić information content (AvgIpc) is 2.76. The number of carbonyl (C=O) groups is 2. The Morgan fingerprint density at radius 2 is 1.03 bits per heavy atom. The van der Waals surface area contributed by atoms with Crippen LogP contribution in [0.1, 0.15) is 136 Å². The largest absolute Gasteiger partial charge is 0.465 e. The van der Waals surface area contributed by atoms with Crippen molar-refractivity contribution in [3.05, 3.63) is 0 Å². The number of Topliss-reactive ketones (excluding diaryl/α,β-unsaturated/α-hetero) is 1. The maximum absolute atomic E-state index is 12.1. The van der Waals surface area contributed by atoms with E-state index in [9.17, 15) is 9.59 Å². The number of hydrogen-bond donors (Lipinski definition) is 2. The van der Waals surface area contributed by atoms with E-state index in [-0.39, 0.29) is 11.8 Å². The third-order valence-electron chi connectivity index (χ3n) is 6.06. The molecule has 2 atom stereocenters. The predicted molar refractivity (Wildman–Crippen MR) is 131 cm³/mol. The number of nitrogens with two attached hydrogens (primary N) is 2. The molecule has 0 aromatic carbocycles. The maximum atomic E-state index is 12.1. The third-order valence-corrected chi connectivity index (χ3v) is 6.06. The number of rotatable bonds is 23. The van der Waals surface area contributed by atoms with Crippen LogP contribution in [0.3, 0.4) is 0 Å². The molecule has 1 unspecified atom stereocenters. The summed E-state index contributed by atoms with van der Waals surface area (Å²) in [4.78, 5) is 23.6. The zero-order valence-electron chi connectivity index (χ0n) is 20.7. The van der Waals surface area contributed by atoms with Crippen molar-refractivity contribution >= 4 is 11.8 Å². The number of carbonyl (C=O) groups excluding carboxylic acids is 2. The fraction of sp³-hybridized carbons (Fsp3) is 0.923. The van der Waals surface area contributed by atoms with Gasteiger partial charge in [-0.1, -0.05) is 96.8 Å². The van der Waals surface area contributed by atoms with Crippen LogP contribution in [-0.4, -0.2) is 30.4 Å². The van der Waals surface area contributed by atoms with E-state index in [1.165, 1.54) is 83.5 Å². The Kier molecular flexibility index (Phi) is 21.6. The summed E-state index contributed by atoms with van der Waals surface area (Å²) in [6.07, 6.45) is 22.2. The van der Waals surface area contributed by atoms with E-state index < -0.39 is 12.1 Å². The molecule has 0 aliphatic rings. The molecule has 0 bridgehead atoms. The lowest BCUT2D eigenvalue weighted by Gasteiger charge is -2.13. The summed E-state index contributed by atoms with van der Waals surface area (Å²) in [5, 5.41) is 0. The van der Waals surface area contributed by atoms with Gasteiger partial charge >= 0.3 is 5.97 Å². The first-order valence-corrected chi connectivity index (χ1v) is 13.2. The minimum atomic E-state index is -0.613. The average molecular weight is 441 g/mol. The van der Waals surface area contributed by atoms with Gasteiger partial charge in [-0.15, -0.1) is 0 Å². The number of ketones is 1. The molecule has 0 fully saturated rings. The highest BCUT2D eigenvalue weighted by molar-refractivity contribution is 5.83. The number of unbranched alkanes of at least 4 members (excludes halogenated alkanes) is 14. The van der Waals surface area contributed by atoms with E-state index >= 15 is 0 Å². The minimum absolute atomic E-state index is 0.138. The molecule has 5 nitrogen and oxygen atoms in total. The number of ether oxygens (including phenoxy) is 1. The molecule has 0 aromatic rings. The van der Waals surface area contributed by atoms with Crippen LogP contribution in [0.5, 0.6) is 0 Å². The zero-order chi connectivity index (χ0) is 23.2. The van der Waals surface area contributed by atoms with Crippen molar-refractivity contribution in [3.8, 4) is 0 Å². The molecule has 0 aliphatic heterocycles. The van der Waals surface area contributed by atoms with Crippen molar-refractivity contribution in [2.24, 2.45) is 11.5 Å². The molecule has 5 heteroatoms. The fourth-order valence-corrected chi connectivity index (χ4v) is 3.94. The number of hydrogen-bond acceptors (Lipinski definition) is 5. The standard InChI is InChI=1S/C26H52N2O3/c1-3-5-6-7-8-9-10-11-12-13-14-15-16-17-18-22-25(29)23(27)20-19-21-24(28)26(30)31-4-2/h23-24H,3-22,27-28H2,1-2H3/t23?,24-/m0/s1. The summed E-state index contributed by atoms with van der Waals surface area (Å²) in [7, 11) is 0. The molecule has 0 rings (SSSR count). The van der Waals surface area contributed by atoms with Crippen LogP contribution in [0.25, 0.3) is 0 Å². The molecule has 0 saturated carbocycles. The Balaban J connectivity index is 3.42. The summed E-state index contributed by atoms with van der Waals surface area (Å²) >= 11 is 0. The molecule has 0 amide bonds. The quantitative estimate of drug-likeness (QED) is 0.145. The molecule has 4 N–H and O–H groups in total. The highest BCUT2D eigenvalue weighted by Crippen LogP contribution is 2.14. The SMILES string of the molecule is CCCCCCCCCCCCCCCCCC(=O)C(N)CCC[C@H](N)C(=O)OCC. The van der Waals surface area contributed by atoms with Crippen molar-refractivity contribution in [3.63, 3.8) is 0 Å². The summed E-state index contributed by atoms with van der Waals surface area (Å²) in [5.74, 6) is -0.236. The van der Waals surface area contributed by atoms with Gasteiger partial charge in [0.15, 0.2) is 0 Å². The first-order valence-electron chi connectivity index (χ1n) is 13.2. The number of esters is 1. The van der Waals surface area contributed by atoms with Gasteiger partial charge in [-0.3, -0.25) is 9.59 Å². The lowest BCUT2D eigenvalue weighted by Crippen LogP contribution is -2.34. The third kappa shape index (κ3) is 19.5. The monoisotopic (exact) mass is 440 g/mol. The second-order valence-electron chi connectivity index (χ2n) is 9.06. The van der Waals surface area contributed by atoms with Gasteiger partial charge in [-0.05, 0) is 32.6 Å². The maximum Gasteiger partial charge on any atom is 0.322 e. The second-order valence-corrected chi connectivity index (χ2v) is 9.06. The molecular weight excluding hydrogens is 388 g/mol. The van der Waals surface area contributed by atoms with Crippen LogP contribution in [-0.2, 0) is 14.3 Å². The summed E-state index contributed by atoms with van der Waals surface area (Å²) < 4.78 is 4.88. The van der Waals surface area contributed by atoms with Gasteiger partial charge in [0, 0.05) is 6.42 Å². The van der Waals surface area contributed by atoms with Gasteiger partial charge in [-0.25, -0.2) is 0 Å². The van der Waals surface area contributed by atoms with Crippen molar-refractivity contribution in [1.82, 2.24) is 0 Å². The van der Waals surface area contributed by atoms with E-state index in [4.69, 9.17) is 16.2 Å². The predicted octanol–water partition coefficient (Wildman–Crippen LogP) is 6.21. The second kappa shape index (κ2) is 22.3. The molecule has 0 aliphatic carbocycles. The van der Waals surface area contributed by atoms with Crippen molar-refractivity contribution in [1.29, 1.82) is 0 Å². The highest BCUT2D eigenvalue weighted by Gasteiger charge is 2.17. The van der Waals surface area contributed by atoms with E-state index in [1.807, 2.05) is 0 Å². The van der Waals surface area contributed by atoms with E-state index in [1.54, 1.807) is 6.92 Å². The van der Waals surface area contributed by atoms with Crippen LogP contribution in [0.15, 0.2) is 0 Å². The van der Waals surface area contributed by atoms with Gasteiger partial charge in [0.25, 0.3) is 0 Å². The lowest BCUT2D eigenvalue weighted by atomic mass is 9.99. The Morgan fingerprint density at radius 3 is 1.48 bits per heavy atom. The fourth-order valence-electron chi connectivity index (χ4n) is 3.94. The summed E-state index contributed by atoms with van der Waals surface area (Å²) in [6.45, 7) is 4.37. The Morgan fingerprint density at radius 1 is 0.613 bits per heavy atom. The first-order chi connectivity index (χ1) is 15.0. The molecule has 0 radical (unpaired) electrons. The summed E-state index contributed by atoms with van der Waals surface area (Å²) in [6, 6.07) is -1.04. The van der Waals surface area contributed by atoms with E-state index in [2.05, 4.69) is 6.92 Å². The Hall–Kier alpha value is -0.940. The molecule has 0 spiro atoms. The van der Waals surface area contributed by atoms with Crippen molar-refractivity contribution in [2.75, 3.05) is 6.61 Å². The molecule has 184 valence electrons. The Labute approximate surface area is 192 Å². The smallest absolute Gasteiger partial charge is 0.322 e. The van der Waals surface area contributed by atoms with Crippen LogP contribution in [0, 0.1) is 0 Å². The van der Waals surface area contributed by atoms with Gasteiger partial charge in [0.05, 0.1) is 12.6 Å². The van der Waals surface area contributed by atoms with Crippen molar-refractivity contribution in [2.45, 2.75) is 148 Å². The molecular formula is C26H52N2O3. The van der Waals surface area contributed by atoms with Gasteiger partial charge in [-0.2, -0.15) is 0 Å². The van der Waals surface area contributed by atoms with Crippen LogP contribution >= 0.6 is 0 Å². The minimum Gasteiger partial charge on any atom is -0.465 e.